The Bertz CT molecular complexity index is 1130. The first-order chi connectivity index (χ1) is 14.9. The monoisotopic (exact) mass is 418 g/mol. The summed E-state index contributed by atoms with van der Waals surface area (Å²) < 4.78 is 10.7. The predicted octanol–water partition coefficient (Wildman–Crippen LogP) is 4.14. The SMILES string of the molecule is Cc1ccc(C2=NN(C(=O)COC(=O)c3ccc(C)c(O)c3)C(c3ccco3)C2)cc1. The van der Waals surface area contributed by atoms with Crippen molar-refractivity contribution in [1.29, 1.82) is 0 Å². The number of hydrogen-bond donors (Lipinski definition) is 1. The Balaban J connectivity index is 1.51. The zero-order valence-corrected chi connectivity index (χ0v) is 17.2. The van der Waals surface area contributed by atoms with E-state index in [4.69, 9.17) is 9.15 Å². The molecule has 7 nitrogen and oxygen atoms in total. The van der Waals surface area contributed by atoms with Crippen LogP contribution in [0.5, 0.6) is 5.75 Å². The number of amides is 1. The maximum Gasteiger partial charge on any atom is 0.338 e. The molecular formula is C24H22N2O5. The van der Waals surface area contributed by atoms with Crippen LogP contribution in [0.3, 0.4) is 0 Å². The number of aryl methyl sites for hydroxylation is 2. The van der Waals surface area contributed by atoms with Crippen LogP contribution in [-0.2, 0) is 9.53 Å². The summed E-state index contributed by atoms with van der Waals surface area (Å²) >= 11 is 0. The van der Waals surface area contributed by atoms with Crippen molar-refractivity contribution >= 4 is 17.6 Å². The fourth-order valence-electron chi connectivity index (χ4n) is 3.38. The molecule has 0 spiro atoms. The Labute approximate surface area is 179 Å². The number of phenols is 1. The minimum absolute atomic E-state index is 0.00876. The number of hydrazone groups is 1. The van der Waals surface area contributed by atoms with Crippen LogP contribution >= 0.6 is 0 Å². The molecule has 7 heteroatoms. The lowest BCUT2D eigenvalue weighted by Crippen LogP contribution is -2.31. The molecule has 0 radical (unpaired) electrons. The number of aromatic hydroxyl groups is 1. The largest absolute Gasteiger partial charge is 0.508 e. The molecular weight excluding hydrogens is 396 g/mol. The van der Waals surface area contributed by atoms with Gasteiger partial charge in [0.2, 0.25) is 0 Å². The molecule has 2 heterocycles. The summed E-state index contributed by atoms with van der Waals surface area (Å²) in [6.07, 6.45) is 2.04. The molecule has 1 atom stereocenters. The van der Waals surface area contributed by atoms with Gasteiger partial charge in [0.1, 0.15) is 17.6 Å². The summed E-state index contributed by atoms with van der Waals surface area (Å²) in [5.41, 5.74) is 3.62. The van der Waals surface area contributed by atoms with Gasteiger partial charge in [0, 0.05) is 6.42 Å². The molecule has 1 amide bonds. The Kier molecular flexibility index (Phi) is 5.58. The summed E-state index contributed by atoms with van der Waals surface area (Å²) in [5, 5.41) is 15.6. The van der Waals surface area contributed by atoms with Gasteiger partial charge in [-0.3, -0.25) is 4.79 Å². The number of esters is 1. The van der Waals surface area contributed by atoms with Crippen LogP contribution in [0.25, 0.3) is 0 Å². The molecule has 1 aliphatic rings. The van der Waals surface area contributed by atoms with Crippen LogP contribution < -0.4 is 0 Å². The highest BCUT2D eigenvalue weighted by molar-refractivity contribution is 6.03. The molecule has 2 aromatic carbocycles. The van der Waals surface area contributed by atoms with Gasteiger partial charge in [0.25, 0.3) is 5.91 Å². The van der Waals surface area contributed by atoms with E-state index in [1.165, 1.54) is 17.1 Å². The second-order valence-electron chi connectivity index (χ2n) is 7.46. The molecule has 4 rings (SSSR count). The van der Waals surface area contributed by atoms with Crippen molar-refractivity contribution in [2.24, 2.45) is 5.10 Å². The number of carbonyl (C=O) groups is 2. The van der Waals surface area contributed by atoms with Crippen LogP contribution in [0, 0.1) is 13.8 Å². The number of furan rings is 1. The maximum atomic E-state index is 12.9. The molecule has 1 unspecified atom stereocenters. The first-order valence-corrected chi connectivity index (χ1v) is 9.89. The zero-order valence-electron chi connectivity index (χ0n) is 17.2. The van der Waals surface area contributed by atoms with Gasteiger partial charge in [0.15, 0.2) is 6.61 Å². The van der Waals surface area contributed by atoms with Crippen molar-refractivity contribution in [2.45, 2.75) is 26.3 Å². The van der Waals surface area contributed by atoms with Crippen molar-refractivity contribution in [2.75, 3.05) is 6.61 Å². The van der Waals surface area contributed by atoms with Crippen LogP contribution in [0.15, 0.2) is 70.4 Å². The number of phenolic OH excluding ortho intramolecular Hbond substituents is 1. The van der Waals surface area contributed by atoms with Gasteiger partial charge in [-0.2, -0.15) is 5.10 Å². The normalized spacial score (nSPS) is 15.6. The second kappa shape index (κ2) is 8.47. The lowest BCUT2D eigenvalue weighted by atomic mass is 10.0. The van der Waals surface area contributed by atoms with Crippen molar-refractivity contribution < 1.29 is 23.8 Å². The topological polar surface area (TPSA) is 92.3 Å². The Hall–Kier alpha value is -3.87. The van der Waals surface area contributed by atoms with Crippen molar-refractivity contribution in [3.8, 4) is 5.75 Å². The number of ether oxygens (including phenoxy) is 1. The third-order valence-electron chi connectivity index (χ3n) is 5.19. The third kappa shape index (κ3) is 4.35. The van der Waals surface area contributed by atoms with E-state index in [1.807, 2.05) is 31.2 Å². The van der Waals surface area contributed by atoms with Gasteiger partial charge in [-0.05, 0) is 49.2 Å². The van der Waals surface area contributed by atoms with Crippen LogP contribution in [0.4, 0.5) is 0 Å². The molecule has 3 aromatic rings. The van der Waals surface area contributed by atoms with Gasteiger partial charge >= 0.3 is 5.97 Å². The van der Waals surface area contributed by atoms with Crippen molar-refractivity contribution in [1.82, 2.24) is 5.01 Å². The highest BCUT2D eigenvalue weighted by atomic mass is 16.5. The number of rotatable bonds is 5. The zero-order chi connectivity index (χ0) is 22.0. The Morgan fingerprint density at radius 1 is 1.16 bits per heavy atom. The summed E-state index contributed by atoms with van der Waals surface area (Å²) in [6, 6.07) is 15.5. The summed E-state index contributed by atoms with van der Waals surface area (Å²) in [5.74, 6) is -0.562. The third-order valence-corrected chi connectivity index (χ3v) is 5.19. The molecule has 158 valence electrons. The summed E-state index contributed by atoms with van der Waals surface area (Å²) in [7, 11) is 0. The minimum Gasteiger partial charge on any atom is -0.508 e. The van der Waals surface area contributed by atoms with Crippen LogP contribution in [0.1, 0.15) is 45.3 Å². The number of benzene rings is 2. The average molecular weight is 418 g/mol. The minimum atomic E-state index is -0.694. The van der Waals surface area contributed by atoms with E-state index in [0.29, 0.717) is 17.7 Å². The fourth-order valence-corrected chi connectivity index (χ4v) is 3.38. The Morgan fingerprint density at radius 2 is 1.94 bits per heavy atom. The van der Waals surface area contributed by atoms with Gasteiger partial charge in [-0.1, -0.05) is 35.9 Å². The highest BCUT2D eigenvalue weighted by Gasteiger charge is 2.35. The number of hydrogen-bond acceptors (Lipinski definition) is 6. The lowest BCUT2D eigenvalue weighted by Gasteiger charge is -2.19. The highest BCUT2D eigenvalue weighted by Crippen LogP contribution is 2.33. The van der Waals surface area contributed by atoms with Crippen LogP contribution in [0.2, 0.25) is 0 Å². The molecule has 0 saturated carbocycles. The van der Waals surface area contributed by atoms with Gasteiger partial charge in [-0.25, -0.2) is 9.80 Å². The molecule has 1 aliphatic heterocycles. The molecule has 1 aromatic heterocycles. The van der Waals surface area contributed by atoms with E-state index >= 15 is 0 Å². The standard InChI is InChI=1S/C24H22N2O5/c1-15-5-8-17(9-6-15)19-13-20(22-4-3-11-30-22)26(25-19)23(28)14-31-24(29)18-10-7-16(2)21(27)12-18/h3-12,20,27H,13-14H2,1-2H3. The van der Waals surface area contributed by atoms with E-state index in [-0.39, 0.29) is 11.3 Å². The maximum absolute atomic E-state index is 12.9. The summed E-state index contributed by atoms with van der Waals surface area (Å²) in [4.78, 5) is 25.2. The molecule has 31 heavy (non-hydrogen) atoms. The first-order valence-electron chi connectivity index (χ1n) is 9.89. The predicted molar refractivity (Wildman–Crippen MR) is 114 cm³/mol. The van der Waals surface area contributed by atoms with E-state index in [1.54, 1.807) is 31.4 Å². The van der Waals surface area contributed by atoms with Gasteiger partial charge in [0.05, 0.1) is 17.5 Å². The van der Waals surface area contributed by atoms with E-state index in [2.05, 4.69) is 5.10 Å². The van der Waals surface area contributed by atoms with Crippen molar-refractivity contribution in [3.05, 3.63) is 88.9 Å². The van der Waals surface area contributed by atoms with Gasteiger partial charge in [-0.15, -0.1) is 0 Å². The van der Waals surface area contributed by atoms with E-state index in [9.17, 15) is 14.7 Å². The summed E-state index contributed by atoms with van der Waals surface area (Å²) in [6.45, 7) is 3.25. The Morgan fingerprint density at radius 3 is 2.61 bits per heavy atom. The molecule has 0 fully saturated rings. The smallest absolute Gasteiger partial charge is 0.338 e. The molecule has 0 bridgehead atoms. The van der Waals surface area contributed by atoms with Crippen molar-refractivity contribution in [3.63, 3.8) is 0 Å². The molecule has 0 aliphatic carbocycles. The lowest BCUT2D eigenvalue weighted by molar-refractivity contribution is -0.136. The number of nitrogens with zero attached hydrogens (tertiary/aromatic N) is 2. The second-order valence-corrected chi connectivity index (χ2v) is 7.46. The molecule has 0 saturated heterocycles. The quantitative estimate of drug-likeness (QED) is 0.629. The molecule has 1 N–H and O–H groups in total. The van der Waals surface area contributed by atoms with Gasteiger partial charge < -0.3 is 14.3 Å². The fraction of sp³-hybridized carbons (Fsp3) is 0.208. The van der Waals surface area contributed by atoms with E-state index < -0.39 is 24.5 Å². The average Bonchev–Trinajstić information content (AvgIpc) is 3.44. The van der Waals surface area contributed by atoms with Crippen LogP contribution in [-0.4, -0.2) is 34.3 Å². The number of carbonyl (C=O) groups excluding carboxylic acids is 2. The van der Waals surface area contributed by atoms with E-state index in [0.717, 1.165) is 16.8 Å². The first kappa shape index (κ1) is 20.4.